The molecular weight excluding hydrogens is 1080 g/mol. The number of unbranched alkanes of at least 4 members (excludes halogenated alkanes) is 36. The van der Waals surface area contributed by atoms with Crippen LogP contribution in [0.4, 0.5) is 0 Å². The zero-order valence-corrected chi connectivity index (χ0v) is 52.2. The molecule has 3 aliphatic heterocycles. The maximum atomic E-state index is 13.3. The van der Waals surface area contributed by atoms with Gasteiger partial charge in [0.1, 0.15) is 73.2 Å². The van der Waals surface area contributed by atoms with Crippen molar-refractivity contribution in [3.63, 3.8) is 0 Å². The molecule has 0 aromatic carbocycles. The van der Waals surface area contributed by atoms with Gasteiger partial charge < -0.3 is 89.9 Å². The Labute approximate surface area is 506 Å². The van der Waals surface area contributed by atoms with Crippen LogP contribution in [0.25, 0.3) is 0 Å². The van der Waals surface area contributed by atoms with Crippen molar-refractivity contribution >= 4 is 5.91 Å². The molecule has 0 saturated carbocycles. The molecule has 19 heteroatoms. The van der Waals surface area contributed by atoms with Crippen molar-refractivity contribution in [3.05, 3.63) is 12.2 Å². The van der Waals surface area contributed by atoms with Gasteiger partial charge in [-0.3, -0.25) is 4.79 Å². The third kappa shape index (κ3) is 30.8. The molecule has 12 N–H and O–H groups in total. The molecule has 17 unspecified atom stereocenters. The van der Waals surface area contributed by atoms with E-state index in [1.165, 1.54) is 193 Å². The second-order valence-corrected chi connectivity index (χ2v) is 24.7. The van der Waals surface area contributed by atoms with E-state index in [1.54, 1.807) is 6.08 Å². The van der Waals surface area contributed by atoms with Gasteiger partial charge in [-0.25, -0.2) is 0 Å². The van der Waals surface area contributed by atoms with Gasteiger partial charge in [-0.2, -0.15) is 0 Å². The number of ether oxygens (including phenoxy) is 6. The number of carbonyl (C=O) groups is 1. The number of carbonyl (C=O) groups excluding carboxylic acids is 1. The summed E-state index contributed by atoms with van der Waals surface area (Å²) in [5.74, 6) is -0.272. The van der Waals surface area contributed by atoms with Crippen LogP contribution in [0.15, 0.2) is 12.2 Å². The van der Waals surface area contributed by atoms with Gasteiger partial charge in [-0.1, -0.05) is 251 Å². The molecule has 3 heterocycles. The van der Waals surface area contributed by atoms with Gasteiger partial charge in [-0.05, 0) is 19.3 Å². The van der Waals surface area contributed by atoms with E-state index < -0.39 is 124 Å². The van der Waals surface area contributed by atoms with Crippen LogP contribution >= 0.6 is 0 Å². The third-order valence-corrected chi connectivity index (χ3v) is 17.3. The smallest absolute Gasteiger partial charge is 0.220 e. The molecule has 0 aliphatic carbocycles. The Morgan fingerprint density at radius 2 is 0.738 bits per heavy atom. The molecule has 1 amide bonds. The Bertz CT molecular complexity index is 1580. The molecule has 84 heavy (non-hydrogen) atoms. The van der Waals surface area contributed by atoms with Gasteiger partial charge in [-0.15, -0.1) is 0 Å². The van der Waals surface area contributed by atoms with E-state index >= 15 is 0 Å². The highest BCUT2D eigenvalue weighted by Crippen LogP contribution is 2.33. The first-order valence-electron chi connectivity index (χ1n) is 33.9. The first kappa shape index (κ1) is 76.8. The van der Waals surface area contributed by atoms with Gasteiger partial charge in [0, 0.05) is 6.42 Å². The number of rotatable bonds is 52. The predicted octanol–water partition coefficient (Wildman–Crippen LogP) is 8.11. The number of hydrogen-bond acceptors (Lipinski definition) is 18. The van der Waals surface area contributed by atoms with Crippen LogP contribution in [0.5, 0.6) is 0 Å². The minimum atomic E-state index is -1.97. The summed E-state index contributed by atoms with van der Waals surface area (Å²) >= 11 is 0. The van der Waals surface area contributed by atoms with Crippen LogP contribution in [-0.2, 0) is 33.2 Å². The van der Waals surface area contributed by atoms with Crippen molar-refractivity contribution < 1.29 is 89.4 Å². The average Bonchev–Trinajstić information content (AvgIpc) is 2.86. The van der Waals surface area contributed by atoms with Crippen molar-refractivity contribution in [2.24, 2.45) is 0 Å². The lowest BCUT2D eigenvalue weighted by molar-refractivity contribution is -0.379. The highest BCUT2D eigenvalue weighted by molar-refractivity contribution is 5.76. The van der Waals surface area contributed by atoms with Crippen LogP contribution in [-0.4, -0.2) is 193 Å². The fraction of sp³-hybridized carbons (Fsp3) is 0.954. The standard InChI is InChI=1S/C65H123NO18/c1-3-5-7-9-11-13-15-16-17-18-19-20-21-22-23-24-25-26-27-28-29-30-31-32-33-35-37-39-41-43-53(71)66-48(49(70)42-40-38-36-34-14-12-10-8-6-4-2)47-79-63-59(77)56(74)61(51(45-68)81-63)84-65-60(78)57(75)62(52(46-69)82-65)83-64-58(76)55(73)54(72)50(44-67)80-64/h40,42,48-52,54-65,67-70,72-78H,3-39,41,43-47H2,1-2H3,(H,66,71)/b42-40+. The normalized spacial score (nSPS) is 29.2. The molecule has 496 valence electrons. The zero-order chi connectivity index (χ0) is 61.2. The summed E-state index contributed by atoms with van der Waals surface area (Å²) in [6, 6.07) is -0.966. The molecule has 17 atom stereocenters. The maximum Gasteiger partial charge on any atom is 0.220 e. The highest BCUT2D eigenvalue weighted by atomic mass is 16.8. The topological polar surface area (TPSA) is 307 Å². The van der Waals surface area contributed by atoms with Crippen LogP contribution in [0.2, 0.25) is 0 Å². The molecule has 0 bridgehead atoms. The summed E-state index contributed by atoms with van der Waals surface area (Å²) in [4.78, 5) is 13.3. The first-order chi connectivity index (χ1) is 40.8. The average molecular weight is 1210 g/mol. The number of nitrogens with one attached hydrogen (secondary N) is 1. The fourth-order valence-electron chi connectivity index (χ4n) is 11.8. The van der Waals surface area contributed by atoms with E-state index in [0.717, 1.165) is 44.9 Å². The largest absolute Gasteiger partial charge is 0.394 e. The summed E-state index contributed by atoms with van der Waals surface area (Å²) < 4.78 is 34.3. The van der Waals surface area contributed by atoms with Crippen LogP contribution < -0.4 is 5.32 Å². The Kier molecular flexibility index (Phi) is 44.2. The second kappa shape index (κ2) is 48.4. The number of hydrogen-bond donors (Lipinski definition) is 12. The molecule has 0 spiro atoms. The third-order valence-electron chi connectivity index (χ3n) is 17.3. The van der Waals surface area contributed by atoms with E-state index in [-0.39, 0.29) is 18.9 Å². The van der Waals surface area contributed by atoms with Gasteiger partial charge in [0.2, 0.25) is 5.91 Å². The summed E-state index contributed by atoms with van der Waals surface area (Å²) in [6.45, 7) is 1.72. The Hall–Kier alpha value is -1.47. The number of allylic oxidation sites excluding steroid dienone is 1. The van der Waals surface area contributed by atoms with E-state index in [2.05, 4.69) is 19.2 Å². The van der Waals surface area contributed by atoms with Crippen LogP contribution in [0, 0.1) is 0 Å². The SMILES string of the molecule is CCCCCCCCCC/C=C/C(O)C(COC1OC(CO)C(OC2OC(CO)C(OC3OC(CO)C(O)C(O)C3O)C(O)C2O)C(O)C1O)NC(=O)CCCCCCCCCCCCCCCCCCCCCCCCCCCCCCC. The Morgan fingerprint density at radius 1 is 0.417 bits per heavy atom. The van der Waals surface area contributed by atoms with Crippen molar-refractivity contribution in [1.29, 1.82) is 0 Å². The van der Waals surface area contributed by atoms with Crippen molar-refractivity contribution in [2.45, 2.75) is 369 Å². The van der Waals surface area contributed by atoms with Gasteiger partial charge in [0.25, 0.3) is 0 Å². The molecular formula is C65H123NO18. The molecule has 3 rings (SSSR count). The van der Waals surface area contributed by atoms with E-state index in [0.29, 0.717) is 6.42 Å². The zero-order valence-electron chi connectivity index (χ0n) is 52.2. The lowest BCUT2D eigenvalue weighted by Gasteiger charge is -2.48. The summed E-state index contributed by atoms with van der Waals surface area (Å²) in [5.41, 5.74) is 0. The van der Waals surface area contributed by atoms with E-state index in [9.17, 15) is 61.0 Å². The molecule has 19 nitrogen and oxygen atoms in total. The van der Waals surface area contributed by atoms with Gasteiger partial charge >= 0.3 is 0 Å². The number of aliphatic hydroxyl groups is 11. The molecule has 3 aliphatic rings. The predicted molar refractivity (Wildman–Crippen MR) is 323 cm³/mol. The molecule has 0 radical (unpaired) electrons. The quantitative estimate of drug-likeness (QED) is 0.0202. The van der Waals surface area contributed by atoms with Crippen molar-refractivity contribution in [1.82, 2.24) is 5.32 Å². The molecule has 3 fully saturated rings. The highest BCUT2D eigenvalue weighted by Gasteiger charge is 2.53. The molecule has 0 aromatic rings. The minimum absolute atomic E-state index is 0.249. The Morgan fingerprint density at radius 3 is 1.12 bits per heavy atom. The monoisotopic (exact) mass is 1210 g/mol. The van der Waals surface area contributed by atoms with Crippen molar-refractivity contribution in [3.8, 4) is 0 Å². The first-order valence-corrected chi connectivity index (χ1v) is 33.9. The fourth-order valence-corrected chi connectivity index (χ4v) is 11.8. The van der Waals surface area contributed by atoms with Gasteiger partial charge in [0.05, 0.1) is 38.6 Å². The number of aliphatic hydroxyl groups excluding tert-OH is 11. The molecule has 0 aromatic heterocycles. The summed E-state index contributed by atoms with van der Waals surface area (Å²) in [6.07, 6.45) is 25.2. The Balaban J connectivity index is 1.36. The van der Waals surface area contributed by atoms with E-state index in [4.69, 9.17) is 28.4 Å². The van der Waals surface area contributed by atoms with Gasteiger partial charge in [0.15, 0.2) is 18.9 Å². The summed E-state index contributed by atoms with van der Waals surface area (Å²) in [5, 5.41) is 120. The summed E-state index contributed by atoms with van der Waals surface area (Å²) in [7, 11) is 0. The van der Waals surface area contributed by atoms with Crippen molar-refractivity contribution in [2.75, 3.05) is 26.4 Å². The van der Waals surface area contributed by atoms with E-state index in [1.807, 2.05) is 6.08 Å². The maximum absolute atomic E-state index is 13.3. The minimum Gasteiger partial charge on any atom is -0.394 e. The van der Waals surface area contributed by atoms with Crippen LogP contribution in [0.1, 0.15) is 264 Å². The second-order valence-electron chi connectivity index (χ2n) is 24.7. The molecule has 3 saturated heterocycles. The number of amides is 1. The van der Waals surface area contributed by atoms with Crippen LogP contribution in [0.3, 0.4) is 0 Å². The lowest BCUT2D eigenvalue weighted by Crippen LogP contribution is -2.66. The lowest BCUT2D eigenvalue weighted by atomic mass is 9.96.